The van der Waals surface area contributed by atoms with Gasteiger partial charge in [0.15, 0.2) is 0 Å². The van der Waals surface area contributed by atoms with Crippen LogP contribution in [0.2, 0.25) is 0 Å². The minimum Gasteiger partial charge on any atom is -0.480 e. The molecule has 0 aliphatic carbocycles. The van der Waals surface area contributed by atoms with E-state index in [0.717, 1.165) is 0 Å². The predicted octanol–water partition coefficient (Wildman–Crippen LogP) is 1.12. The first-order valence-corrected chi connectivity index (χ1v) is 9.33. The van der Waals surface area contributed by atoms with Gasteiger partial charge in [0.05, 0.1) is 12.2 Å². The molecule has 2 N–H and O–H groups in total. The molecular formula is C16H21NO7S. The second-order valence-electron chi connectivity index (χ2n) is 5.50. The molecule has 0 unspecified atom stereocenters. The Labute approximate surface area is 146 Å². The van der Waals surface area contributed by atoms with Gasteiger partial charge in [-0.2, -0.15) is 8.42 Å². The number of carboxylic acids is 1. The van der Waals surface area contributed by atoms with E-state index in [2.05, 4.69) is 0 Å². The van der Waals surface area contributed by atoms with Gasteiger partial charge in [0.1, 0.15) is 6.04 Å². The Kier molecular flexibility index (Phi) is 7.72. The van der Waals surface area contributed by atoms with Crippen molar-refractivity contribution in [3.8, 4) is 0 Å². The lowest BCUT2D eigenvalue weighted by molar-refractivity contribution is -0.158. The molecule has 0 aliphatic rings. The lowest BCUT2D eigenvalue weighted by Crippen LogP contribution is -2.50. The Hall–Kier alpha value is -2.26. The molecule has 0 saturated heterocycles. The first-order valence-electron chi connectivity index (χ1n) is 7.72. The summed E-state index contributed by atoms with van der Waals surface area (Å²) >= 11 is 0. The topological polar surface area (TPSA) is 129 Å². The molecule has 8 nitrogen and oxygen atoms in total. The minimum atomic E-state index is -4.42. The van der Waals surface area contributed by atoms with E-state index in [-0.39, 0.29) is 12.8 Å². The standard InChI is InChI=1S/C16H21NO7S/c1-2-6-14(18)17(13(16(20)21)9-10-25(22,23)24)15(19)11-12-7-4-3-5-8-12/h3-5,7-8,13H,2,6,9-11H2,1H3,(H,20,21)(H,22,23,24)/t13-/m0/s1. The monoisotopic (exact) mass is 371 g/mol. The van der Waals surface area contributed by atoms with Gasteiger partial charge in [0, 0.05) is 6.42 Å². The Balaban J connectivity index is 3.08. The van der Waals surface area contributed by atoms with Gasteiger partial charge in [-0.3, -0.25) is 19.0 Å². The van der Waals surface area contributed by atoms with Crippen LogP contribution >= 0.6 is 0 Å². The van der Waals surface area contributed by atoms with Gasteiger partial charge >= 0.3 is 5.97 Å². The van der Waals surface area contributed by atoms with E-state index < -0.39 is 46.1 Å². The van der Waals surface area contributed by atoms with Crippen molar-refractivity contribution in [1.82, 2.24) is 4.90 Å². The van der Waals surface area contributed by atoms with Crippen LogP contribution in [0.5, 0.6) is 0 Å². The summed E-state index contributed by atoms with van der Waals surface area (Å²) in [4.78, 5) is 36.9. The molecule has 138 valence electrons. The average Bonchev–Trinajstić information content (AvgIpc) is 2.51. The van der Waals surface area contributed by atoms with E-state index in [1.807, 2.05) is 0 Å². The zero-order valence-electron chi connectivity index (χ0n) is 13.8. The van der Waals surface area contributed by atoms with Gasteiger partial charge in [-0.1, -0.05) is 37.3 Å². The summed E-state index contributed by atoms with van der Waals surface area (Å²) in [7, 11) is -4.42. The van der Waals surface area contributed by atoms with Crippen LogP contribution in [0.25, 0.3) is 0 Å². The number of carbonyl (C=O) groups is 3. The van der Waals surface area contributed by atoms with Crippen molar-refractivity contribution in [3.63, 3.8) is 0 Å². The Morgan fingerprint density at radius 2 is 1.72 bits per heavy atom. The van der Waals surface area contributed by atoms with E-state index in [9.17, 15) is 27.9 Å². The fourth-order valence-electron chi connectivity index (χ4n) is 2.30. The van der Waals surface area contributed by atoms with Crippen molar-refractivity contribution in [1.29, 1.82) is 0 Å². The number of benzene rings is 1. The van der Waals surface area contributed by atoms with Gasteiger partial charge in [-0.15, -0.1) is 0 Å². The van der Waals surface area contributed by atoms with Crippen molar-refractivity contribution in [2.75, 3.05) is 5.75 Å². The predicted molar refractivity (Wildman–Crippen MR) is 89.4 cm³/mol. The summed E-state index contributed by atoms with van der Waals surface area (Å²) in [5.74, 6) is -3.79. The summed E-state index contributed by atoms with van der Waals surface area (Å²) in [6.07, 6.45) is -0.412. The smallest absolute Gasteiger partial charge is 0.326 e. The summed E-state index contributed by atoms with van der Waals surface area (Å²) in [6.45, 7) is 1.70. The third kappa shape index (κ3) is 7.02. The molecule has 9 heteroatoms. The SMILES string of the molecule is CCCC(=O)N(C(=O)Cc1ccccc1)[C@@H](CCS(=O)(=O)O)C(=O)O. The van der Waals surface area contributed by atoms with Crippen LogP contribution in [0.3, 0.4) is 0 Å². The number of hydrogen-bond donors (Lipinski definition) is 2. The second-order valence-corrected chi connectivity index (χ2v) is 7.07. The molecule has 0 aromatic heterocycles. The Morgan fingerprint density at radius 3 is 2.20 bits per heavy atom. The number of carbonyl (C=O) groups excluding carboxylic acids is 2. The maximum Gasteiger partial charge on any atom is 0.326 e. The lowest BCUT2D eigenvalue weighted by atomic mass is 10.1. The van der Waals surface area contributed by atoms with Crippen LogP contribution in [-0.2, 0) is 30.9 Å². The van der Waals surface area contributed by atoms with Crippen LogP contribution in [-0.4, -0.2) is 52.6 Å². The third-order valence-corrected chi connectivity index (χ3v) is 4.20. The number of aliphatic carboxylic acids is 1. The largest absolute Gasteiger partial charge is 0.480 e. The van der Waals surface area contributed by atoms with Crippen molar-refractivity contribution >= 4 is 27.9 Å². The van der Waals surface area contributed by atoms with Gasteiger partial charge < -0.3 is 5.11 Å². The molecule has 0 heterocycles. The Bertz CT molecular complexity index is 715. The number of hydrogen-bond acceptors (Lipinski definition) is 5. The van der Waals surface area contributed by atoms with Crippen LogP contribution in [0, 0.1) is 0 Å². The number of amides is 2. The van der Waals surface area contributed by atoms with Gasteiger partial charge in [-0.25, -0.2) is 4.79 Å². The maximum atomic E-state index is 12.5. The first kappa shape index (κ1) is 20.8. The summed E-state index contributed by atoms with van der Waals surface area (Å²) in [6, 6.07) is 6.82. The molecule has 1 aromatic carbocycles. The molecule has 1 aromatic rings. The Morgan fingerprint density at radius 1 is 1.12 bits per heavy atom. The van der Waals surface area contributed by atoms with Gasteiger partial charge in [0.2, 0.25) is 11.8 Å². The van der Waals surface area contributed by atoms with Crippen molar-refractivity contribution < 1.29 is 32.5 Å². The molecule has 0 aliphatic heterocycles. The van der Waals surface area contributed by atoms with Crippen molar-refractivity contribution in [2.45, 2.75) is 38.6 Å². The zero-order chi connectivity index (χ0) is 19.0. The van der Waals surface area contributed by atoms with Gasteiger partial charge in [-0.05, 0) is 18.4 Å². The number of nitrogens with zero attached hydrogens (tertiary/aromatic N) is 1. The normalized spacial score (nSPS) is 12.4. The highest BCUT2D eigenvalue weighted by molar-refractivity contribution is 7.85. The molecule has 0 saturated carbocycles. The summed E-state index contributed by atoms with van der Waals surface area (Å²) in [5, 5.41) is 9.35. The minimum absolute atomic E-state index is 0.0455. The summed E-state index contributed by atoms with van der Waals surface area (Å²) < 4.78 is 30.7. The fraction of sp³-hybridized carbons (Fsp3) is 0.438. The maximum absolute atomic E-state index is 12.5. The van der Waals surface area contributed by atoms with Crippen LogP contribution in [0.4, 0.5) is 0 Å². The van der Waals surface area contributed by atoms with Crippen LogP contribution < -0.4 is 0 Å². The molecule has 0 radical (unpaired) electrons. The van der Waals surface area contributed by atoms with Crippen molar-refractivity contribution in [2.24, 2.45) is 0 Å². The highest BCUT2D eigenvalue weighted by Crippen LogP contribution is 2.13. The quantitative estimate of drug-likeness (QED) is 0.622. The molecule has 2 amide bonds. The molecule has 0 spiro atoms. The number of carboxylic acid groups (broad SMARTS) is 1. The molecule has 1 atom stereocenters. The fourth-order valence-corrected chi connectivity index (χ4v) is 2.82. The number of imide groups is 1. The average molecular weight is 371 g/mol. The van der Waals surface area contributed by atoms with E-state index >= 15 is 0 Å². The molecule has 25 heavy (non-hydrogen) atoms. The molecular weight excluding hydrogens is 350 g/mol. The first-order chi connectivity index (χ1) is 11.7. The van der Waals surface area contributed by atoms with Crippen LogP contribution in [0.15, 0.2) is 30.3 Å². The third-order valence-electron chi connectivity index (χ3n) is 3.45. The lowest BCUT2D eigenvalue weighted by Gasteiger charge is -2.27. The van der Waals surface area contributed by atoms with Crippen molar-refractivity contribution in [3.05, 3.63) is 35.9 Å². The molecule has 1 rings (SSSR count). The van der Waals surface area contributed by atoms with E-state index in [0.29, 0.717) is 16.9 Å². The summed E-state index contributed by atoms with van der Waals surface area (Å²) in [5.41, 5.74) is 0.598. The van der Waals surface area contributed by atoms with Gasteiger partial charge in [0.25, 0.3) is 10.1 Å². The highest BCUT2D eigenvalue weighted by atomic mass is 32.2. The van der Waals surface area contributed by atoms with E-state index in [4.69, 9.17) is 4.55 Å². The molecule has 0 bridgehead atoms. The van der Waals surface area contributed by atoms with Crippen LogP contribution in [0.1, 0.15) is 31.7 Å². The number of rotatable bonds is 9. The zero-order valence-corrected chi connectivity index (χ0v) is 14.6. The molecule has 0 fully saturated rings. The highest BCUT2D eigenvalue weighted by Gasteiger charge is 2.34. The van der Waals surface area contributed by atoms with E-state index in [1.54, 1.807) is 37.3 Å². The second kappa shape index (κ2) is 9.28. The van der Waals surface area contributed by atoms with E-state index in [1.165, 1.54) is 0 Å².